The number of para-hydroxylation sites is 1. The number of nitrogens with one attached hydrogen (secondary N) is 2. The molecule has 3 heterocycles. The maximum atomic E-state index is 4.56. The van der Waals surface area contributed by atoms with Gasteiger partial charge in [-0.25, -0.2) is 4.98 Å². The van der Waals surface area contributed by atoms with Crippen LogP contribution in [0.25, 0.3) is 15.9 Å². The molecule has 4 aromatic rings. The molecule has 100 valence electrons. The Hall–Kier alpha value is -2.34. The van der Waals surface area contributed by atoms with Gasteiger partial charge in [-0.2, -0.15) is 5.10 Å². The largest absolute Gasteiger partial charge is 0.378 e. The molecule has 0 amide bonds. The predicted octanol–water partition coefficient (Wildman–Crippen LogP) is 3.19. The van der Waals surface area contributed by atoms with E-state index in [4.69, 9.17) is 0 Å². The van der Waals surface area contributed by atoms with E-state index in [-0.39, 0.29) is 0 Å². The van der Waals surface area contributed by atoms with E-state index in [0.29, 0.717) is 0 Å². The van der Waals surface area contributed by atoms with Crippen LogP contribution < -0.4 is 5.32 Å². The molecule has 5 nitrogen and oxygen atoms in total. The Bertz CT molecular complexity index is 885. The van der Waals surface area contributed by atoms with Crippen molar-refractivity contribution < 1.29 is 0 Å². The van der Waals surface area contributed by atoms with Crippen molar-refractivity contribution in [2.24, 2.45) is 0 Å². The van der Waals surface area contributed by atoms with Gasteiger partial charge in [-0.3, -0.25) is 9.50 Å². The molecule has 0 aliphatic heterocycles. The number of aryl methyl sites for hydroxylation is 1. The summed E-state index contributed by atoms with van der Waals surface area (Å²) in [6.45, 7) is 2.79. The first-order valence-corrected chi connectivity index (χ1v) is 7.28. The molecular formula is C14H13N5S. The monoisotopic (exact) mass is 283 g/mol. The van der Waals surface area contributed by atoms with E-state index in [1.54, 1.807) is 11.3 Å². The highest BCUT2D eigenvalue weighted by molar-refractivity contribution is 7.15. The number of nitrogens with zero attached hydrogens (tertiary/aromatic N) is 3. The molecule has 0 unspecified atom stereocenters. The highest BCUT2D eigenvalue weighted by Crippen LogP contribution is 2.22. The Balaban J connectivity index is 1.69. The molecule has 0 radical (unpaired) electrons. The van der Waals surface area contributed by atoms with Gasteiger partial charge in [0.1, 0.15) is 0 Å². The lowest BCUT2D eigenvalue weighted by Crippen LogP contribution is -2.03. The molecule has 0 spiro atoms. The molecule has 0 bridgehead atoms. The van der Waals surface area contributed by atoms with Crippen LogP contribution in [0.1, 0.15) is 11.4 Å². The van der Waals surface area contributed by atoms with Gasteiger partial charge in [0.25, 0.3) is 0 Å². The van der Waals surface area contributed by atoms with Gasteiger partial charge < -0.3 is 5.32 Å². The Morgan fingerprint density at radius 2 is 2.35 bits per heavy atom. The molecule has 4 rings (SSSR count). The lowest BCUT2D eigenvalue weighted by atomic mass is 10.2. The summed E-state index contributed by atoms with van der Waals surface area (Å²) in [7, 11) is 0. The molecule has 0 aliphatic rings. The minimum atomic E-state index is 0.738. The first-order chi connectivity index (χ1) is 9.83. The van der Waals surface area contributed by atoms with Crippen LogP contribution in [0.4, 0.5) is 5.69 Å². The van der Waals surface area contributed by atoms with Crippen LogP contribution >= 0.6 is 11.3 Å². The second-order valence-electron chi connectivity index (χ2n) is 4.69. The summed E-state index contributed by atoms with van der Waals surface area (Å²) in [6.07, 6.45) is 3.90. The Labute approximate surface area is 119 Å². The maximum Gasteiger partial charge on any atom is 0.194 e. The minimum absolute atomic E-state index is 0.738. The summed E-state index contributed by atoms with van der Waals surface area (Å²) < 4.78 is 2.14. The van der Waals surface area contributed by atoms with Crippen LogP contribution in [0, 0.1) is 6.92 Å². The van der Waals surface area contributed by atoms with Gasteiger partial charge in [-0.1, -0.05) is 12.1 Å². The second-order valence-corrected chi connectivity index (χ2v) is 5.57. The number of aromatic nitrogens is 4. The molecule has 3 aromatic heterocycles. The summed E-state index contributed by atoms with van der Waals surface area (Å²) in [5.74, 6) is 0. The standard InChI is InChI=1S/C14H13N5S/c1-9-12(19-5-6-20-14(19)17-9)8-15-11-4-2-3-10-7-16-18-13(10)11/h2-7,15H,8H2,1H3,(H,16,18). The van der Waals surface area contributed by atoms with Gasteiger partial charge in [-0.15, -0.1) is 11.3 Å². The number of H-pyrrole nitrogens is 1. The van der Waals surface area contributed by atoms with Crippen LogP contribution in [0.2, 0.25) is 0 Å². The van der Waals surface area contributed by atoms with Crippen molar-refractivity contribution in [2.75, 3.05) is 5.32 Å². The zero-order valence-electron chi connectivity index (χ0n) is 10.9. The smallest absolute Gasteiger partial charge is 0.194 e. The first kappa shape index (κ1) is 11.5. The predicted molar refractivity (Wildman–Crippen MR) is 81.2 cm³/mol. The van der Waals surface area contributed by atoms with Gasteiger partial charge in [0, 0.05) is 17.0 Å². The van der Waals surface area contributed by atoms with E-state index in [9.17, 15) is 0 Å². The fourth-order valence-electron chi connectivity index (χ4n) is 2.45. The molecule has 0 atom stereocenters. The summed E-state index contributed by atoms with van der Waals surface area (Å²) in [5.41, 5.74) is 4.36. The van der Waals surface area contributed by atoms with E-state index >= 15 is 0 Å². The highest BCUT2D eigenvalue weighted by Gasteiger charge is 2.10. The normalized spacial score (nSPS) is 11.4. The second kappa shape index (κ2) is 4.35. The van der Waals surface area contributed by atoms with Crippen molar-refractivity contribution in [3.8, 4) is 0 Å². The number of rotatable bonds is 3. The molecule has 0 saturated carbocycles. The summed E-state index contributed by atoms with van der Waals surface area (Å²) in [6, 6.07) is 6.14. The number of hydrogen-bond donors (Lipinski definition) is 2. The highest BCUT2D eigenvalue weighted by atomic mass is 32.1. The number of hydrogen-bond acceptors (Lipinski definition) is 4. The molecule has 0 saturated heterocycles. The van der Waals surface area contributed by atoms with Gasteiger partial charge in [-0.05, 0) is 13.0 Å². The van der Waals surface area contributed by atoms with Crippen molar-refractivity contribution in [3.63, 3.8) is 0 Å². The molecule has 0 fully saturated rings. The molecular weight excluding hydrogens is 270 g/mol. The van der Waals surface area contributed by atoms with Gasteiger partial charge in [0.15, 0.2) is 4.96 Å². The Kier molecular flexibility index (Phi) is 2.50. The van der Waals surface area contributed by atoms with Crippen molar-refractivity contribution >= 4 is 32.9 Å². The van der Waals surface area contributed by atoms with E-state index in [1.165, 1.54) is 5.69 Å². The van der Waals surface area contributed by atoms with E-state index < -0.39 is 0 Å². The van der Waals surface area contributed by atoms with Crippen molar-refractivity contribution in [3.05, 3.63) is 47.4 Å². The first-order valence-electron chi connectivity index (χ1n) is 6.40. The van der Waals surface area contributed by atoms with E-state index in [2.05, 4.69) is 42.5 Å². The zero-order chi connectivity index (χ0) is 13.5. The van der Waals surface area contributed by atoms with Crippen molar-refractivity contribution in [1.82, 2.24) is 19.6 Å². The van der Waals surface area contributed by atoms with Crippen molar-refractivity contribution in [2.45, 2.75) is 13.5 Å². The topological polar surface area (TPSA) is 58.0 Å². The van der Waals surface area contributed by atoms with Gasteiger partial charge in [0.2, 0.25) is 0 Å². The average Bonchev–Trinajstić information content (AvgIpc) is 3.12. The SMILES string of the molecule is Cc1nc2sccn2c1CNc1cccc2cn[nH]c12. The third kappa shape index (κ3) is 1.69. The minimum Gasteiger partial charge on any atom is -0.378 e. The lowest BCUT2D eigenvalue weighted by Gasteiger charge is -2.07. The summed E-state index contributed by atoms with van der Waals surface area (Å²) >= 11 is 1.66. The van der Waals surface area contributed by atoms with Crippen LogP contribution in [-0.2, 0) is 6.54 Å². The lowest BCUT2D eigenvalue weighted by molar-refractivity contribution is 0.994. The summed E-state index contributed by atoms with van der Waals surface area (Å²) in [4.78, 5) is 5.60. The molecule has 1 aromatic carbocycles. The fraction of sp³-hybridized carbons (Fsp3) is 0.143. The van der Waals surface area contributed by atoms with Crippen LogP contribution in [0.5, 0.6) is 0 Å². The van der Waals surface area contributed by atoms with Crippen LogP contribution in [-0.4, -0.2) is 19.6 Å². The van der Waals surface area contributed by atoms with Crippen LogP contribution in [0.15, 0.2) is 36.0 Å². The quantitative estimate of drug-likeness (QED) is 0.607. The number of anilines is 1. The molecule has 6 heteroatoms. The van der Waals surface area contributed by atoms with Crippen molar-refractivity contribution in [1.29, 1.82) is 0 Å². The molecule has 2 N–H and O–H groups in total. The third-order valence-electron chi connectivity index (χ3n) is 3.48. The number of imidazole rings is 1. The van der Waals surface area contributed by atoms with Gasteiger partial charge >= 0.3 is 0 Å². The Morgan fingerprint density at radius 3 is 3.30 bits per heavy atom. The van der Waals surface area contributed by atoms with E-state index in [0.717, 1.165) is 33.8 Å². The summed E-state index contributed by atoms with van der Waals surface area (Å²) in [5, 5.41) is 13.8. The van der Waals surface area contributed by atoms with E-state index in [1.807, 2.05) is 25.3 Å². The number of benzene rings is 1. The number of aromatic amines is 1. The number of fused-ring (bicyclic) bond motifs is 2. The van der Waals surface area contributed by atoms with Crippen LogP contribution in [0.3, 0.4) is 0 Å². The fourth-order valence-corrected chi connectivity index (χ4v) is 3.23. The maximum absolute atomic E-state index is 4.56. The van der Waals surface area contributed by atoms with Gasteiger partial charge in [0.05, 0.1) is 35.3 Å². The number of thiazole rings is 1. The molecule has 20 heavy (non-hydrogen) atoms. The Morgan fingerprint density at radius 1 is 1.40 bits per heavy atom. The third-order valence-corrected chi connectivity index (χ3v) is 4.24. The zero-order valence-corrected chi connectivity index (χ0v) is 11.7. The molecule has 0 aliphatic carbocycles. The average molecular weight is 283 g/mol.